The van der Waals surface area contributed by atoms with Crippen LogP contribution >= 0.6 is 11.6 Å². The van der Waals surface area contributed by atoms with Crippen molar-refractivity contribution in [2.75, 3.05) is 33.9 Å². The Kier molecular flexibility index (Phi) is 7.27. The van der Waals surface area contributed by atoms with Crippen molar-refractivity contribution in [3.8, 4) is 0 Å². The number of ether oxygens (including phenoxy) is 1. The third-order valence-corrected chi connectivity index (χ3v) is 6.76. The summed E-state index contributed by atoms with van der Waals surface area (Å²) in [6.45, 7) is 5.19. The van der Waals surface area contributed by atoms with Crippen molar-refractivity contribution in [2.24, 2.45) is 5.92 Å². The Labute approximate surface area is 189 Å². The van der Waals surface area contributed by atoms with E-state index in [1.54, 1.807) is 41.0 Å². The summed E-state index contributed by atoms with van der Waals surface area (Å²) in [5, 5.41) is 0.621. The lowest BCUT2D eigenvalue weighted by Crippen LogP contribution is -2.68. The van der Waals surface area contributed by atoms with Crippen molar-refractivity contribution in [2.45, 2.75) is 51.2 Å². The number of rotatable bonds is 7. The van der Waals surface area contributed by atoms with Gasteiger partial charge in [0.1, 0.15) is 12.1 Å². The maximum Gasteiger partial charge on any atom is 0.249 e. The zero-order valence-electron chi connectivity index (χ0n) is 18.8. The zero-order valence-corrected chi connectivity index (χ0v) is 19.5. The molecule has 170 valence electrons. The van der Waals surface area contributed by atoms with Crippen molar-refractivity contribution < 1.29 is 19.1 Å². The second-order valence-electron chi connectivity index (χ2n) is 8.86. The van der Waals surface area contributed by atoms with Gasteiger partial charge in [0.15, 0.2) is 0 Å². The molecule has 0 radical (unpaired) electrons. The van der Waals surface area contributed by atoms with Crippen LogP contribution in [0.15, 0.2) is 24.3 Å². The number of hydrogen-bond acceptors (Lipinski definition) is 4. The highest BCUT2D eigenvalue weighted by molar-refractivity contribution is 6.30. The van der Waals surface area contributed by atoms with Crippen LogP contribution in [0.2, 0.25) is 5.02 Å². The van der Waals surface area contributed by atoms with Crippen molar-refractivity contribution in [1.82, 2.24) is 14.7 Å². The number of methoxy groups -OCH3 is 1. The SMILES string of the molecule is COCCN(C)C(=O)C1CC[C@@]2(C1)C(=O)N(C(C)C)CC(=O)N2Cc1ccc(Cl)cc1. The number of piperazine rings is 1. The van der Waals surface area contributed by atoms with Crippen molar-refractivity contribution in [3.63, 3.8) is 0 Å². The predicted octanol–water partition coefficient (Wildman–Crippen LogP) is 2.56. The van der Waals surface area contributed by atoms with Gasteiger partial charge in [0.2, 0.25) is 17.7 Å². The van der Waals surface area contributed by atoms with Crippen LogP contribution in [0.25, 0.3) is 0 Å². The standard InChI is InChI=1S/C23H32ClN3O4/c1-16(2)26-15-20(28)27(14-17-5-7-19(24)8-6-17)23(22(26)30)10-9-18(13-23)21(29)25(3)11-12-31-4/h5-8,16,18H,9-15H2,1-4H3/t18?,23-/m1/s1. The summed E-state index contributed by atoms with van der Waals surface area (Å²) in [7, 11) is 3.36. The number of halogens is 1. The number of nitrogens with zero attached hydrogens (tertiary/aromatic N) is 3. The second-order valence-corrected chi connectivity index (χ2v) is 9.29. The van der Waals surface area contributed by atoms with Crippen LogP contribution in [0.1, 0.15) is 38.7 Å². The molecule has 1 aliphatic heterocycles. The summed E-state index contributed by atoms with van der Waals surface area (Å²) in [5.74, 6) is -0.421. The van der Waals surface area contributed by atoms with Gasteiger partial charge in [-0.25, -0.2) is 0 Å². The van der Waals surface area contributed by atoms with Gasteiger partial charge in [0.25, 0.3) is 0 Å². The van der Waals surface area contributed by atoms with Gasteiger partial charge in [-0.3, -0.25) is 14.4 Å². The van der Waals surface area contributed by atoms with E-state index in [1.165, 1.54) is 0 Å². The molecule has 1 spiro atoms. The number of benzene rings is 1. The molecule has 1 aromatic rings. The van der Waals surface area contributed by atoms with Gasteiger partial charge in [-0.15, -0.1) is 0 Å². The van der Waals surface area contributed by atoms with E-state index in [1.807, 2.05) is 26.0 Å². The molecule has 3 amide bonds. The summed E-state index contributed by atoms with van der Waals surface area (Å²) in [5.41, 5.74) is -0.0725. The normalized spacial score (nSPS) is 23.9. The lowest BCUT2D eigenvalue weighted by atomic mass is 9.87. The molecule has 3 rings (SSSR count). The molecule has 0 aromatic heterocycles. The Morgan fingerprint density at radius 3 is 2.58 bits per heavy atom. The molecule has 1 aromatic carbocycles. The van der Waals surface area contributed by atoms with Gasteiger partial charge >= 0.3 is 0 Å². The van der Waals surface area contributed by atoms with E-state index >= 15 is 0 Å². The predicted molar refractivity (Wildman–Crippen MR) is 118 cm³/mol. The molecule has 1 saturated heterocycles. The molecule has 1 unspecified atom stereocenters. The summed E-state index contributed by atoms with van der Waals surface area (Å²) in [4.78, 5) is 44.9. The van der Waals surface area contributed by atoms with Crippen LogP contribution in [0.4, 0.5) is 0 Å². The first-order valence-corrected chi connectivity index (χ1v) is 11.2. The molecule has 31 heavy (non-hydrogen) atoms. The van der Waals surface area contributed by atoms with Crippen LogP contribution in [0, 0.1) is 5.92 Å². The Morgan fingerprint density at radius 1 is 1.29 bits per heavy atom. The third-order valence-electron chi connectivity index (χ3n) is 6.51. The minimum Gasteiger partial charge on any atom is -0.383 e. The van der Waals surface area contributed by atoms with E-state index in [-0.39, 0.29) is 36.2 Å². The first kappa shape index (κ1) is 23.5. The van der Waals surface area contributed by atoms with E-state index in [4.69, 9.17) is 16.3 Å². The number of amides is 3. The van der Waals surface area contributed by atoms with Crippen LogP contribution in [-0.2, 0) is 25.7 Å². The highest BCUT2D eigenvalue weighted by Gasteiger charge is 2.57. The maximum atomic E-state index is 13.7. The minimum atomic E-state index is -0.984. The van der Waals surface area contributed by atoms with Crippen molar-refractivity contribution in [1.29, 1.82) is 0 Å². The van der Waals surface area contributed by atoms with Crippen molar-refractivity contribution in [3.05, 3.63) is 34.9 Å². The number of likely N-dealkylation sites (N-methyl/N-ethyl adjacent to an activating group) is 1. The van der Waals surface area contributed by atoms with Crippen molar-refractivity contribution >= 4 is 29.3 Å². The van der Waals surface area contributed by atoms with Crippen LogP contribution < -0.4 is 0 Å². The van der Waals surface area contributed by atoms with Crippen LogP contribution in [-0.4, -0.2) is 77.9 Å². The van der Waals surface area contributed by atoms with E-state index in [9.17, 15) is 14.4 Å². The lowest BCUT2D eigenvalue weighted by molar-refractivity contribution is -0.168. The molecular formula is C23H32ClN3O4. The fourth-order valence-electron chi connectivity index (χ4n) is 4.68. The molecule has 0 N–H and O–H groups in total. The fraction of sp³-hybridized carbons (Fsp3) is 0.609. The van der Waals surface area contributed by atoms with Gasteiger partial charge in [-0.05, 0) is 50.8 Å². The quantitative estimate of drug-likeness (QED) is 0.641. The summed E-state index contributed by atoms with van der Waals surface area (Å²) >= 11 is 6.01. The van der Waals surface area contributed by atoms with Gasteiger partial charge < -0.3 is 19.4 Å². The van der Waals surface area contributed by atoms with Gasteiger partial charge in [-0.2, -0.15) is 0 Å². The number of carbonyl (C=O) groups excluding carboxylic acids is 3. The molecule has 1 saturated carbocycles. The molecule has 2 atom stereocenters. The van der Waals surface area contributed by atoms with Crippen LogP contribution in [0.5, 0.6) is 0 Å². The summed E-state index contributed by atoms with van der Waals surface area (Å²) in [6.07, 6.45) is 1.42. The smallest absolute Gasteiger partial charge is 0.249 e. The molecular weight excluding hydrogens is 418 g/mol. The molecule has 8 heteroatoms. The largest absolute Gasteiger partial charge is 0.383 e. The average molecular weight is 450 g/mol. The molecule has 1 aliphatic carbocycles. The van der Waals surface area contributed by atoms with E-state index in [0.29, 0.717) is 44.0 Å². The van der Waals surface area contributed by atoms with Gasteiger partial charge in [0.05, 0.1) is 6.61 Å². The summed E-state index contributed by atoms with van der Waals surface area (Å²) in [6, 6.07) is 7.24. The number of hydrogen-bond donors (Lipinski definition) is 0. The zero-order chi connectivity index (χ0) is 22.8. The molecule has 2 fully saturated rings. The highest BCUT2D eigenvalue weighted by Crippen LogP contribution is 2.44. The maximum absolute atomic E-state index is 13.7. The monoisotopic (exact) mass is 449 g/mol. The van der Waals surface area contributed by atoms with E-state index in [0.717, 1.165) is 5.56 Å². The number of carbonyl (C=O) groups is 3. The highest BCUT2D eigenvalue weighted by atomic mass is 35.5. The molecule has 1 heterocycles. The first-order valence-electron chi connectivity index (χ1n) is 10.8. The van der Waals surface area contributed by atoms with Gasteiger partial charge in [0, 0.05) is 44.2 Å². The molecule has 0 bridgehead atoms. The Bertz CT molecular complexity index is 829. The van der Waals surface area contributed by atoms with E-state index < -0.39 is 5.54 Å². The van der Waals surface area contributed by atoms with Crippen LogP contribution in [0.3, 0.4) is 0 Å². The van der Waals surface area contributed by atoms with Gasteiger partial charge in [-0.1, -0.05) is 23.7 Å². The fourth-order valence-corrected chi connectivity index (χ4v) is 4.80. The Hall–Kier alpha value is -2.12. The molecule has 7 nitrogen and oxygen atoms in total. The Balaban J connectivity index is 1.89. The van der Waals surface area contributed by atoms with E-state index in [2.05, 4.69) is 0 Å². The Morgan fingerprint density at radius 2 is 1.97 bits per heavy atom. The molecule has 2 aliphatic rings. The summed E-state index contributed by atoms with van der Waals surface area (Å²) < 4.78 is 5.08. The first-order chi connectivity index (χ1) is 14.7. The lowest BCUT2D eigenvalue weighted by Gasteiger charge is -2.49. The average Bonchev–Trinajstić information content (AvgIpc) is 3.19. The third kappa shape index (κ3) is 4.72. The topological polar surface area (TPSA) is 70.2 Å². The minimum absolute atomic E-state index is 0.00212. The second kappa shape index (κ2) is 9.57.